The van der Waals surface area contributed by atoms with Crippen LogP contribution >= 0.6 is 0 Å². The average Bonchev–Trinajstić information content (AvgIpc) is 2.45. The number of quaternary nitrogens is 1. The van der Waals surface area contributed by atoms with E-state index in [1.54, 1.807) is 14.2 Å². The molecule has 2 N–H and O–H groups in total. The van der Waals surface area contributed by atoms with Crippen LogP contribution in [0.15, 0.2) is 18.2 Å². The summed E-state index contributed by atoms with van der Waals surface area (Å²) in [7, 11) is 3.41. The standard InChI is InChI=1S/C17H27NO2/c1-19-16-10-14(11-17(12-16)20-2)13-18-15-8-6-4-3-5-7-9-15/h10-12,15,18H,3-9,13H2,1-2H3/p+1. The minimum Gasteiger partial charge on any atom is -0.497 e. The molecule has 1 fully saturated rings. The molecule has 0 atom stereocenters. The molecule has 0 heterocycles. The van der Waals surface area contributed by atoms with E-state index in [1.807, 2.05) is 6.07 Å². The summed E-state index contributed by atoms with van der Waals surface area (Å²) < 4.78 is 10.7. The van der Waals surface area contributed by atoms with E-state index in [0.29, 0.717) is 0 Å². The van der Waals surface area contributed by atoms with Gasteiger partial charge in [-0.1, -0.05) is 19.3 Å². The van der Waals surface area contributed by atoms with Crippen LogP contribution < -0.4 is 14.8 Å². The molecule has 0 spiro atoms. The van der Waals surface area contributed by atoms with Crippen molar-refractivity contribution in [3.8, 4) is 11.5 Å². The van der Waals surface area contributed by atoms with Crippen LogP contribution in [0.4, 0.5) is 0 Å². The summed E-state index contributed by atoms with van der Waals surface area (Å²) in [4.78, 5) is 0. The largest absolute Gasteiger partial charge is 0.497 e. The van der Waals surface area contributed by atoms with E-state index in [2.05, 4.69) is 17.4 Å². The number of hydrogen-bond donors (Lipinski definition) is 1. The van der Waals surface area contributed by atoms with Crippen molar-refractivity contribution in [3.63, 3.8) is 0 Å². The summed E-state index contributed by atoms with van der Waals surface area (Å²) in [6.45, 7) is 1.01. The van der Waals surface area contributed by atoms with E-state index < -0.39 is 0 Å². The van der Waals surface area contributed by atoms with Crippen LogP contribution in [0.1, 0.15) is 50.5 Å². The van der Waals surface area contributed by atoms with Crippen LogP contribution in [0.5, 0.6) is 11.5 Å². The third-order valence-corrected chi connectivity index (χ3v) is 4.25. The smallest absolute Gasteiger partial charge is 0.123 e. The highest BCUT2D eigenvalue weighted by atomic mass is 16.5. The number of rotatable bonds is 5. The molecule has 0 aliphatic heterocycles. The molecule has 0 amide bonds. The molecular weight excluding hydrogens is 250 g/mol. The molecule has 2 rings (SSSR count). The Morgan fingerprint density at radius 3 is 2.00 bits per heavy atom. The van der Waals surface area contributed by atoms with Gasteiger partial charge in [-0.05, 0) is 37.8 Å². The SMILES string of the molecule is COc1cc(C[NH2+]C2CCCCCCC2)cc(OC)c1. The second-order valence-electron chi connectivity index (χ2n) is 5.77. The van der Waals surface area contributed by atoms with Gasteiger partial charge in [0, 0.05) is 11.6 Å². The molecule has 1 aliphatic carbocycles. The Balaban J connectivity index is 1.91. The van der Waals surface area contributed by atoms with E-state index in [4.69, 9.17) is 9.47 Å². The molecule has 0 unspecified atom stereocenters. The number of nitrogens with two attached hydrogens (primary N) is 1. The van der Waals surface area contributed by atoms with Crippen molar-refractivity contribution >= 4 is 0 Å². The van der Waals surface area contributed by atoms with Gasteiger partial charge in [0.1, 0.15) is 18.0 Å². The van der Waals surface area contributed by atoms with E-state index in [0.717, 1.165) is 24.1 Å². The number of ether oxygens (including phenoxy) is 2. The molecular formula is C17H28NO2+. The van der Waals surface area contributed by atoms with Crippen LogP contribution in [0.25, 0.3) is 0 Å². The van der Waals surface area contributed by atoms with Crippen molar-refractivity contribution in [1.29, 1.82) is 0 Å². The van der Waals surface area contributed by atoms with E-state index in [9.17, 15) is 0 Å². The lowest BCUT2D eigenvalue weighted by Crippen LogP contribution is -2.88. The Bertz CT molecular complexity index is 376. The maximum absolute atomic E-state index is 5.33. The van der Waals surface area contributed by atoms with Gasteiger partial charge < -0.3 is 14.8 Å². The molecule has 1 aliphatic rings. The maximum atomic E-state index is 5.33. The second-order valence-corrected chi connectivity index (χ2v) is 5.77. The summed E-state index contributed by atoms with van der Waals surface area (Å²) in [6, 6.07) is 6.94. The number of benzene rings is 1. The molecule has 1 saturated carbocycles. The minimum atomic E-state index is 0.785. The Morgan fingerprint density at radius 1 is 0.900 bits per heavy atom. The lowest BCUT2D eigenvalue weighted by atomic mass is 9.96. The fourth-order valence-corrected chi connectivity index (χ4v) is 3.01. The first-order chi connectivity index (χ1) is 9.81. The van der Waals surface area contributed by atoms with Crippen LogP contribution in [0.3, 0.4) is 0 Å². The quantitative estimate of drug-likeness (QED) is 0.899. The van der Waals surface area contributed by atoms with Gasteiger partial charge in [0.15, 0.2) is 0 Å². The van der Waals surface area contributed by atoms with E-state index in [-0.39, 0.29) is 0 Å². The predicted molar refractivity (Wildman–Crippen MR) is 81.3 cm³/mol. The molecule has 20 heavy (non-hydrogen) atoms. The van der Waals surface area contributed by atoms with Crippen LogP contribution in [0, 0.1) is 0 Å². The first-order valence-electron chi connectivity index (χ1n) is 7.87. The summed E-state index contributed by atoms with van der Waals surface area (Å²) in [5.41, 5.74) is 1.28. The molecule has 3 nitrogen and oxygen atoms in total. The van der Waals surface area contributed by atoms with E-state index in [1.165, 1.54) is 50.5 Å². The zero-order chi connectivity index (χ0) is 14.2. The van der Waals surface area contributed by atoms with Crippen molar-refractivity contribution < 1.29 is 14.8 Å². The lowest BCUT2D eigenvalue weighted by Gasteiger charge is -2.18. The molecule has 1 aromatic rings. The minimum absolute atomic E-state index is 0.785. The van der Waals surface area contributed by atoms with Gasteiger partial charge in [0.05, 0.1) is 20.3 Å². The number of methoxy groups -OCH3 is 2. The van der Waals surface area contributed by atoms with Crippen LogP contribution in [0.2, 0.25) is 0 Å². The van der Waals surface area contributed by atoms with Gasteiger partial charge >= 0.3 is 0 Å². The zero-order valence-corrected chi connectivity index (χ0v) is 12.9. The predicted octanol–water partition coefficient (Wildman–Crippen LogP) is 2.88. The molecule has 0 radical (unpaired) electrons. The fourth-order valence-electron chi connectivity index (χ4n) is 3.01. The summed E-state index contributed by atoms with van der Waals surface area (Å²) in [5, 5.41) is 2.50. The monoisotopic (exact) mass is 278 g/mol. The Morgan fingerprint density at radius 2 is 1.45 bits per heavy atom. The van der Waals surface area contributed by atoms with Crippen molar-refractivity contribution in [2.45, 2.75) is 57.5 Å². The lowest BCUT2D eigenvalue weighted by molar-refractivity contribution is -0.706. The third kappa shape index (κ3) is 4.71. The highest BCUT2D eigenvalue weighted by Gasteiger charge is 2.14. The molecule has 3 heteroatoms. The maximum Gasteiger partial charge on any atom is 0.123 e. The Kier molecular flexibility index (Phi) is 6.19. The fraction of sp³-hybridized carbons (Fsp3) is 0.647. The number of hydrogen-bond acceptors (Lipinski definition) is 2. The highest BCUT2D eigenvalue weighted by molar-refractivity contribution is 5.37. The first kappa shape index (κ1) is 15.2. The van der Waals surface area contributed by atoms with Crippen molar-refractivity contribution in [2.24, 2.45) is 0 Å². The van der Waals surface area contributed by atoms with Gasteiger partial charge in [-0.15, -0.1) is 0 Å². The third-order valence-electron chi connectivity index (χ3n) is 4.25. The average molecular weight is 278 g/mol. The molecule has 1 aromatic carbocycles. The van der Waals surface area contributed by atoms with Gasteiger partial charge in [-0.25, -0.2) is 0 Å². The molecule has 112 valence electrons. The van der Waals surface area contributed by atoms with Crippen molar-refractivity contribution in [3.05, 3.63) is 23.8 Å². The molecule has 0 bridgehead atoms. The van der Waals surface area contributed by atoms with E-state index >= 15 is 0 Å². The van der Waals surface area contributed by atoms with Gasteiger partial charge in [-0.3, -0.25) is 0 Å². The highest BCUT2D eigenvalue weighted by Crippen LogP contribution is 2.22. The van der Waals surface area contributed by atoms with Crippen LogP contribution in [-0.2, 0) is 6.54 Å². The summed E-state index contributed by atoms with van der Waals surface area (Å²) in [5.74, 6) is 1.76. The Labute approximate surface area is 122 Å². The summed E-state index contributed by atoms with van der Waals surface area (Å²) >= 11 is 0. The molecule has 0 aromatic heterocycles. The first-order valence-corrected chi connectivity index (χ1v) is 7.87. The second kappa shape index (κ2) is 8.15. The van der Waals surface area contributed by atoms with Gasteiger partial charge in [0.2, 0.25) is 0 Å². The summed E-state index contributed by atoms with van der Waals surface area (Å²) in [6.07, 6.45) is 9.77. The Hall–Kier alpha value is -1.22. The topological polar surface area (TPSA) is 35.1 Å². The van der Waals surface area contributed by atoms with Gasteiger partial charge in [-0.2, -0.15) is 0 Å². The van der Waals surface area contributed by atoms with Crippen molar-refractivity contribution in [1.82, 2.24) is 0 Å². The van der Waals surface area contributed by atoms with Crippen LogP contribution in [-0.4, -0.2) is 20.3 Å². The van der Waals surface area contributed by atoms with Crippen molar-refractivity contribution in [2.75, 3.05) is 14.2 Å². The zero-order valence-electron chi connectivity index (χ0n) is 12.9. The van der Waals surface area contributed by atoms with Gasteiger partial charge in [0.25, 0.3) is 0 Å². The molecule has 0 saturated heterocycles. The normalized spacial score (nSPS) is 17.3.